The molecule has 0 spiro atoms. The van der Waals surface area contributed by atoms with Crippen molar-refractivity contribution in [3.05, 3.63) is 60.2 Å². The minimum atomic E-state index is -0.0546. The van der Waals surface area contributed by atoms with E-state index in [4.69, 9.17) is 0 Å². The second-order valence-electron chi connectivity index (χ2n) is 6.17. The van der Waals surface area contributed by atoms with Crippen molar-refractivity contribution < 1.29 is 4.79 Å². The van der Waals surface area contributed by atoms with E-state index < -0.39 is 0 Å². The summed E-state index contributed by atoms with van der Waals surface area (Å²) in [5.41, 5.74) is 4.47. The van der Waals surface area contributed by atoms with Crippen LogP contribution in [0.2, 0.25) is 0 Å². The average molecular weight is 362 g/mol. The predicted molar refractivity (Wildman–Crippen MR) is 98.6 cm³/mol. The van der Waals surface area contributed by atoms with Gasteiger partial charge in [-0.15, -0.1) is 0 Å². The van der Waals surface area contributed by atoms with Crippen LogP contribution in [0.25, 0.3) is 11.5 Å². The molecule has 1 amide bonds. The summed E-state index contributed by atoms with van der Waals surface area (Å²) in [6, 6.07) is 7.44. The molecule has 0 aliphatic carbocycles. The van der Waals surface area contributed by atoms with Crippen LogP contribution in [-0.2, 0) is 11.2 Å². The van der Waals surface area contributed by atoms with Gasteiger partial charge in [-0.2, -0.15) is 15.2 Å². The third kappa shape index (κ3) is 3.39. The maximum absolute atomic E-state index is 12.3. The van der Waals surface area contributed by atoms with Gasteiger partial charge in [0.2, 0.25) is 5.91 Å². The zero-order valence-corrected chi connectivity index (χ0v) is 15.0. The number of fused-ring (bicyclic) bond motifs is 1. The quantitative estimate of drug-likeness (QED) is 0.581. The van der Waals surface area contributed by atoms with Gasteiger partial charge in [-0.1, -0.05) is 0 Å². The van der Waals surface area contributed by atoms with E-state index in [1.807, 2.05) is 38.1 Å². The number of hydrogen-bond acceptors (Lipinski definition) is 6. The van der Waals surface area contributed by atoms with Crippen LogP contribution in [0, 0.1) is 13.8 Å². The minimum absolute atomic E-state index is 0.0546. The van der Waals surface area contributed by atoms with Gasteiger partial charge in [-0.25, -0.2) is 19.2 Å². The zero-order chi connectivity index (χ0) is 18.8. The smallest absolute Gasteiger partial charge is 0.252 e. The normalized spacial score (nSPS) is 11.0. The Balaban J connectivity index is 1.41. The SMILES string of the molecule is Cc1nc2ncnn2c(C)c1CCC(=O)Nc1ccc(-n2cncn2)cc1. The standard InChI is InChI=1S/C18H18N8O/c1-12-16(13(2)26-18(23-12)20-10-22-26)7-8-17(27)24-14-3-5-15(6-4-14)25-11-19-9-21-25/h3-6,9-11H,7-8H2,1-2H3,(H,24,27). The van der Waals surface area contributed by atoms with Crippen molar-refractivity contribution >= 4 is 17.4 Å². The highest BCUT2D eigenvalue weighted by Gasteiger charge is 2.12. The number of carbonyl (C=O) groups excluding carboxylic acids is 1. The molecule has 0 radical (unpaired) electrons. The Kier molecular flexibility index (Phi) is 4.33. The Morgan fingerprint density at radius 3 is 2.67 bits per heavy atom. The number of aryl methyl sites for hydroxylation is 2. The van der Waals surface area contributed by atoms with Crippen LogP contribution in [0.3, 0.4) is 0 Å². The number of nitrogens with one attached hydrogen (secondary N) is 1. The molecule has 0 aliphatic heterocycles. The number of amides is 1. The summed E-state index contributed by atoms with van der Waals surface area (Å²) < 4.78 is 3.35. The summed E-state index contributed by atoms with van der Waals surface area (Å²) >= 11 is 0. The van der Waals surface area contributed by atoms with Crippen LogP contribution in [0.5, 0.6) is 0 Å². The molecule has 27 heavy (non-hydrogen) atoms. The largest absolute Gasteiger partial charge is 0.326 e. The molecular weight excluding hydrogens is 344 g/mol. The monoisotopic (exact) mass is 362 g/mol. The minimum Gasteiger partial charge on any atom is -0.326 e. The first kappa shape index (κ1) is 16.8. The number of benzene rings is 1. The molecule has 0 unspecified atom stereocenters. The van der Waals surface area contributed by atoms with E-state index in [1.54, 1.807) is 15.5 Å². The van der Waals surface area contributed by atoms with E-state index >= 15 is 0 Å². The summed E-state index contributed by atoms with van der Waals surface area (Å²) in [4.78, 5) is 24.8. The maximum Gasteiger partial charge on any atom is 0.252 e. The van der Waals surface area contributed by atoms with Crippen molar-refractivity contribution in [1.82, 2.24) is 34.3 Å². The van der Waals surface area contributed by atoms with E-state index in [0.29, 0.717) is 18.6 Å². The molecule has 1 aromatic carbocycles. The topological polar surface area (TPSA) is 103 Å². The Morgan fingerprint density at radius 2 is 1.93 bits per heavy atom. The van der Waals surface area contributed by atoms with Crippen molar-refractivity contribution in [2.75, 3.05) is 5.32 Å². The van der Waals surface area contributed by atoms with Gasteiger partial charge in [0, 0.05) is 23.5 Å². The summed E-state index contributed by atoms with van der Waals surface area (Å²) in [7, 11) is 0. The lowest BCUT2D eigenvalue weighted by atomic mass is 10.1. The number of carbonyl (C=O) groups is 1. The molecule has 4 rings (SSSR count). The number of aromatic nitrogens is 7. The van der Waals surface area contributed by atoms with Crippen LogP contribution in [0.15, 0.2) is 43.2 Å². The number of hydrogen-bond donors (Lipinski definition) is 1. The third-order valence-electron chi connectivity index (χ3n) is 4.43. The highest BCUT2D eigenvalue weighted by atomic mass is 16.1. The summed E-state index contributed by atoms with van der Waals surface area (Å²) in [5.74, 6) is 0.520. The van der Waals surface area contributed by atoms with Gasteiger partial charge in [-0.05, 0) is 50.1 Å². The van der Waals surface area contributed by atoms with E-state index in [9.17, 15) is 4.79 Å². The average Bonchev–Trinajstić information content (AvgIpc) is 3.34. The maximum atomic E-state index is 12.3. The van der Waals surface area contributed by atoms with Crippen LogP contribution >= 0.6 is 0 Å². The van der Waals surface area contributed by atoms with E-state index in [2.05, 4.69) is 30.5 Å². The summed E-state index contributed by atoms with van der Waals surface area (Å²) in [6.45, 7) is 3.89. The van der Waals surface area contributed by atoms with Gasteiger partial charge >= 0.3 is 0 Å². The number of nitrogens with zero attached hydrogens (tertiary/aromatic N) is 7. The summed E-state index contributed by atoms with van der Waals surface area (Å²) in [5, 5.41) is 11.2. The van der Waals surface area contributed by atoms with Crippen molar-refractivity contribution in [1.29, 1.82) is 0 Å². The first-order valence-corrected chi connectivity index (χ1v) is 8.52. The molecule has 0 fully saturated rings. The Bertz CT molecular complexity index is 1080. The third-order valence-corrected chi connectivity index (χ3v) is 4.43. The first-order valence-electron chi connectivity index (χ1n) is 8.52. The second kappa shape index (κ2) is 6.94. The fourth-order valence-electron chi connectivity index (χ4n) is 3.02. The van der Waals surface area contributed by atoms with Gasteiger partial charge < -0.3 is 5.32 Å². The second-order valence-corrected chi connectivity index (χ2v) is 6.17. The fraction of sp³-hybridized carbons (Fsp3) is 0.222. The Hall–Kier alpha value is -3.62. The van der Waals surface area contributed by atoms with Gasteiger partial charge in [0.05, 0.1) is 5.69 Å². The van der Waals surface area contributed by atoms with Crippen molar-refractivity contribution in [2.45, 2.75) is 26.7 Å². The highest BCUT2D eigenvalue weighted by molar-refractivity contribution is 5.90. The van der Waals surface area contributed by atoms with E-state index in [-0.39, 0.29) is 5.91 Å². The van der Waals surface area contributed by atoms with Crippen LogP contribution in [0.4, 0.5) is 5.69 Å². The zero-order valence-electron chi connectivity index (χ0n) is 15.0. The molecule has 3 aromatic heterocycles. The molecule has 0 saturated carbocycles. The predicted octanol–water partition coefficient (Wildman–Crippen LogP) is 1.89. The molecule has 136 valence electrons. The molecule has 0 aliphatic rings. The number of rotatable bonds is 5. The lowest BCUT2D eigenvalue weighted by Gasteiger charge is -2.11. The van der Waals surface area contributed by atoms with Crippen molar-refractivity contribution in [2.24, 2.45) is 0 Å². The van der Waals surface area contributed by atoms with Crippen LogP contribution in [0.1, 0.15) is 23.4 Å². The molecule has 9 heteroatoms. The van der Waals surface area contributed by atoms with Crippen molar-refractivity contribution in [3.8, 4) is 5.69 Å². The molecule has 0 saturated heterocycles. The fourth-order valence-corrected chi connectivity index (χ4v) is 3.02. The summed E-state index contributed by atoms with van der Waals surface area (Å²) in [6.07, 6.45) is 5.52. The molecule has 0 bridgehead atoms. The van der Waals surface area contributed by atoms with E-state index in [0.717, 1.165) is 28.3 Å². The molecule has 3 heterocycles. The van der Waals surface area contributed by atoms with Crippen molar-refractivity contribution in [3.63, 3.8) is 0 Å². The molecule has 0 atom stereocenters. The molecular formula is C18H18N8O. The van der Waals surface area contributed by atoms with Gasteiger partial charge in [0.25, 0.3) is 5.78 Å². The Morgan fingerprint density at radius 1 is 1.11 bits per heavy atom. The van der Waals surface area contributed by atoms with Gasteiger partial charge in [0.15, 0.2) is 0 Å². The highest BCUT2D eigenvalue weighted by Crippen LogP contribution is 2.16. The van der Waals surface area contributed by atoms with Gasteiger partial charge in [0.1, 0.15) is 19.0 Å². The Labute approximate surface area is 155 Å². The number of anilines is 1. The lowest BCUT2D eigenvalue weighted by molar-refractivity contribution is -0.116. The van der Waals surface area contributed by atoms with Gasteiger partial charge in [-0.3, -0.25) is 4.79 Å². The molecule has 1 N–H and O–H groups in total. The molecule has 9 nitrogen and oxygen atoms in total. The van der Waals surface area contributed by atoms with Crippen LogP contribution < -0.4 is 5.32 Å². The van der Waals surface area contributed by atoms with E-state index in [1.165, 1.54) is 12.7 Å². The first-order chi connectivity index (χ1) is 13.1. The molecule has 4 aromatic rings. The lowest BCUT2D eigenvalue weighted by Crippen LogP contribution is -2.14. The van der Waals surface area contributed by atoms with Crippen LogP contribution in [-0.4, -0.2) is 40.3 Å².